The molecule has 0 atom stereocenters. The average molecular weight is 233 g/mol. The van der Waals surface area contributed by atoms with Crippen LogP contribution in [0, 0.1) is 6.92 Å². The lowest BCUT2D eigenvalue weighted by atomic mass is 10.2. The Balaban J connectivity index is 2.05. The van der Waals surface area contributed by atoms with Gasteiger partial charge in [0, 0.05) is 17.8 Å². The van der Waals surface area contributed by atoms with Gasteiger partial charge in [-0.15, -0.1) is 0 Å². The van der Waals surface area contributed by atoms with Gasteiger partial charge in [0.15, 0.2) is 0 Å². The maximum Gasteiger partial charge on any atom is 0.129 e. The summed E-state index contributed by atoms with van der Waals surface area (Å²) >= 11 is 5.91. The first-order chi connectivity index (χ1) is 7.75. The summed E-state index contributed by atoms with van der Waals surface area (Å²) in [6, 6.07) is 11.8. The van der Waals surface area contributed by atoms with Gasteiger partial charge in [0.25, 0.3) is 0 Å². The highest BCUT2D eigenvalue weighted by molar-refractivity contribution is 6.30. The number of anilines is 1. The van der Waals surface area contributed by atoms with Gasteiger partial charge >= 0.3 is 0 Å². The topological polar surface area (TPSA) is 24.9 Å². The summed E-state index contributed by atoms with van der Waals surface area (Å²) < 4.78 is 0. The van der Waals surface area contributed by atoms with E-state index in [1.165, 1.54) is 0 Å². The monoisotopic (exact) mass is 232 g/mol. The Bertz CT molecular complexity index is 483. The second-order valence-corrected chi connectivity index (χ2v) is 4.09. The number of benzene rings is 1. The zero-order valence-corrected chi connectivity index (χ0v) is 9.83. The molecule has 1 aromatic heterocycles. The predicted octanol–water partition coefficient (Wildman–Crippen LogP) is 3.66. The first kappa shape index (κ1) is 11.0. The van der Waals surface area contributed by atoms with Crippen LogP contribution < -0.4 is 5.32 Å². The second kappa shape index (κ2) is 4.99. The van der Waals surface area contributed by atoms with Crippen LogP contribution in [0.25, 0.3) is 0 Å². The van der Waals surface area contributed by atoms with Crippen molar-refractivity contribution in [3.8, 4) is 0 Å². The number of nitrogens with zero attached hydrogens (tertiary/aromatic N) is 1. The SMILES string of the molecule is Cc1cccnc1NCc1cccc(Cl)c1. The van der Waals surface area contributed by atoms with E-state index < -0.39 is 0 Å². The smallest absolute Gasteiger partial charge is 0.129 e. The Morgan fingerprint density at radius 2 is 2.12 bits per heavy atom. The van der Waals surface area contributed by atoms with E-state index in [9.17, 15) is 0 Å². The van der Waals surface area contributed by atoms with Crippen LogP contribution in [0.2, 0.25) is 5.02 Å². The molecule has 3 heteroatoms. The highest BCUT2D eigenvalue weighted by atomic mass is 35.5. The molecule has 0 fully saturated rings. The van der Waals surface area contributed by atoms with E-state index in [0.29, 0.717) is 0 Å². The number of aryl methyl sites for hydroxylation is 1. The van der Waals surface area contributed by atoms with Gasteiger partial charge in [-0.2, -0.15) is 0 Å². The zero-order valence-electron chi connectivity index (χ0n) is 9.07. The minimum absolute atomic E-state index is 0.735. The van der Waals surface area contributed by atoms with Crippen molar-refractivity contribution in [3.63, 3.8) is 0 Å². The van der Waals surface area contributed by atoms with Crippen LogP contribution in [0.3, 0.4) is 0 Å². The number of nitrogens with one attached hydrogen (secondary N) is 1. The predicted molar refractivity (Wildman–Crippen MR) is 67.8 cm³/mol. The Morgan fingerprint density at radius 3 is 2.88 bits per heavy atom. The van der Waals surface area contributed by atoms with Gasteiger partial charge in [0.05, 0.1) is 0 Å². The molecule has 0 amide bonds. The third-order valence-corrected chi connectivity index (χ3v) is 2.59. The van der Waals surface area contributed by atoms with Crippen LogP contribution in [0.15, 0.2) is 42.6 Å². The summed E-state index contributed by atoms with van der Waals surface area (Å²) in [5.41, 5.74) is 2.29. The van der Waals surface area contributed by atoms with E-state index in [4.69, 9.17) is 11.6 Å². The van der Waals surface area contributed by atoms with E-state index >= 15 is 0 Å². The fraction of sp³-hybridized carbons (Fsp3) is 0.154. The molecule has 1 heterocycles. The van der Waals surface area contributed by atoms with E-state index in [1.54, 1.807) is 6.20 Å². The lowest BCUT2D eigenvalue weighted by molar-refractivity contribution is 1.10. The molecule has 0 aliphatic carbocycles. The molecule has 82 valence electrons. The highest BCUT2D eigenvalue weighted by Crippen LogP contribution is 2.14. The van der Waals surface area contributed by atoms with Gasteiger partial charge in [-0.3, -0.25) is 0 Å². The quantitative estimate of drug-likeness (QED) is 0.874. The van der Waals surface area contributed by atoms with Gasteiger partial charge in [-0.25, -0.2) is 4.98 Å². The normalized spacial score (nSPS) is 10.1. The Hall–Kier alpha value is -1.54. The molecule has 0 saturated heterocycles. The number of hydrogen-bond acceptors (Lipinski definition) is 2. The van der Waals surface area contributed by atoms with Crippen molar-refractivity contribution in [1.82, 2.24) is 4.98 Å². The van der Waals surface area contributed by atoms with Crippen LogP contribution in [0.4, 0.5) is 5.82 Å². The van der Waals surface area contributed by atoms with Crippen molar-refractivity contribution >= 4 is 17.4 Å². The molecule has 0 bridgehead atoms. The summed E-state index contributed by atoms with van der Waals surface area (Å²) in [6.45, 7) is 2.77. The van der Waals surface area contributed by atoms with E-state index in [0.717, 1.165) is 28.5 Å². The molecule has 1 aromatic carbocycles. The van der Waals surface area contributed by atoms with Gasteiger partial charge in [0.1, 0.15) is 5.82 Å². The van der Waals surface area contributed by atoms with Crippen LogP contribution in [0.1, 0.15) is 11.1 Å². The van der Waals surface area contributed by atoms with E-state index in [1.807, 2.05) is 43.3 Å². The van der Waals surface area contributed by atoms with Crippen molar-refractivity contribution < 1.29 is 0 Å². The van der Waals surface area contributed by atoms with Crippen molar-refractivity contribution in [2.75, 3.05) is 5.32 Å². The van der Waals surface area contributed by atoms with Gasteiger partial charge in [0.2, 0.25) is 0 Å². The average Bonchev–Trinajstić information content (AvgIpc) is 2.28. The van der Waals surface area contributed by atoms with Crippen molar-refractivity contribution in [2.24, 2.45) is 0 Å². The fourth-order valence-corrected chi connectivity index (χ4v) is 1.72. The fourth-order valence-electron chi connectivity index (χ4n) is 1.50. The maximum atomic E-state index is 5.91. The minimum Gasteiger partial charge on any atom is -0.366 e. The lowest BCUT2D eigenvalue weighted by Crippen LogP contribution is -2.02. The van der Waals surface area contributed by atoms with Crippen LogP contribution in [-0.4, -0.2) is 4.98 Å². The van der Waals surface area contributed by atoms with E-state index in [-0.39, 0.29) is 0 Å². The molecule has 2 aromatic rings. The Morgan fingerprint density at radius 1 is 1.25 bits per heavy atom. The third kappa shape index (κ3) is 2.74. The highest BCUT2D eigenvalue weighted by Gasteiger charge is 1.98. The maximum absolute atomic E-state index is 5.91. The molecule has 2 rings (SSSR count). The summed E-state index contributed by atoms with van der Waals surface area (Å²) in [6.07, 6.45) is 1.79. The van der Waals surface area contributed by atoms with Crippen molar-refractivity contribution in [2.45, 2.75) is 13.5 Å². The third-order valence-electron chi connectivity index (χ3n) is 2.36. The van der Waals surface area contributed by atoms with Crippen molar-refractivity contribution in [3.05, 3.63) is 58.7 Å². The first-order valence-corrected chi connectivity index (χ1v) is 5.53. The number of pyridine rings is 1. The van der Waals surface area contributed by atoms with Crippen molar-refractivity contribution in [1.29, 1.82) is 0 Å². The Labute approximate surface area is 100 Å². The van der Waals surface area contributed by atoms with Crippen LogP contribution in [0.5, 0.6) is 0 Å². The molecule has 0 aliphatic heterocycles. The van der Waals surface area contributed by atoms with Gasteiger partial charge in [-0.05, 0) is 36.2 Å². The molecular formula is C13H13ClN2. The van der Waals surface area contributed by atoms with Crippen LogP contribution >= 0.6 is 11.6 Å². The molecule has 2 nitrogen and oxygen atoms in total. The molecular weight excluding hydrogens is 220 g/mol. The molecule has 16 heavy (non-hydrogen) atoms. The first-order valence-electron chi connectivity index (χ1n) is 5.15. The molecule has 0 saturated carbocycles. The molecule has 0 unspecified atom stereocenters. The summed E-state index contributed by atoms with van der Waals surface area (Å²) in [7, 11) is 0. The summed E-state index contributed by atoms with van der Waals surface area (Å²) in [5, 5.41) is 4.05. The molecule has 0 spiro atoms. The van der Waals surface area contributed by atoms with Crippen LogP contribution in [-0.2, 0) is 6.54 Å². The number of halogens is 1. The largest absolute Gasteiger partial charge is 0.366 e. The molecule has 1 N–H and O–H groups in total. The van der Waals surface area contributed by atoms with Gasteiger partial charge < -0.3 is 5.32 Å². The standard InChI is InChI=1S/C13H13ClN2/c1-10-4-3-7-15-13(10)16-9-11-5-2-6-12(14)8-11/h2-8H,9H2,1H3,(H,15,16). The van der Waals surface area contributed by atoms with E-state index in [2.05, 4.69) is 10.3 Å². The van der Waals surface area contributed by atoms with Gasteiger partial charge in [-0.1, -0.05) is 29.8 Å². The number of rotatable bonds is 3. The second-order valence-electron chi connectivity index (χ2n) is 3.65. The lowest BCUT2D eigenvalue weighted by Gasteiger charge is -2.08. The summed E-state index contributed by atoms with van der Waals surface area (Å²) in [4.78, 5) is 4.27. The number of aromatic nitrogens is 1. The Kier molecular flexibility index (Phi) is 3.42. The molecule has 0 aliphatic rings. The zero-order chi connectivity index (χ0) is 11.4. The number of hydrogen-bond donors (Lipinski definition) is 1. The summed E-state index contributed by atoms with van der Waals surface area (Å²) in [5.74, 6) is 0.919. The minimum atomic E-state index is 0.735. The molecule has 0 radical (unpaired) electrons.